The van der Waals surface area contributed by atoms with Crippen LogP contribution in [-0.4, -0.2) is 32.5 Å². The molecule has 0 spiro atoms. The molecule has 116 valence electrons. The Hall–Kier alpha value is 0.300. The molecule has 0 saturated carbocycles. The average molecular weight is 647 g/mol. The molecule has 0 aliphatic heterocycles. The van der Waals surface area contributed by atoms with E-state index in [1.807, 2.05) is 28.7 Å². The molecule has 1 unspecified atom stereocenters. The second-order valence-corrected chi connectivity index (χ2v) is 9.24. The number of nitrogens with zero attached hydrogens (tertiary/aromatic N) is 1. The van der Waals surface area contributed by atoms with Crippen LogP contribution in [-0.2, 0) is 10.0 Å². The van der Waals surface area contributed by atoms with Crippen molar-refractivity contribution < 1.29 is 18.3 Å². The Bertz CT molecular complexity index is 704. The van der Waals surface area contributed by atoms with E-state index >= 15 is 0 Å². The summed E-state index contributed by atoms with van der Waals surface area (Å²) in [7, 11) is -3.77. The predicted octanol–water partition coefficient (Wildman–Crippen LogP) is 1.34. The van der Waals surface area contributed by atoms with Crippen molar-refractivity contribution in [3.8, 4) is 0 Å². The maximum absolute atomic E-state index is 12.2. The van der Waals surface area contributed by atoms with Crippen molar-refractivity contribution in [3.05, 3.63) is 28.4 Å². The number of sulfonamides is 1. The standard InChI is InChI=1S/C11H11I3N2O4S/c1-5(10(17)16-21(2,19)20)15-11(18)7-3-6(12)4-8(13)9(7)14/h3-5H,1-2H3,(H,15,18)(H,16,17)/p-1. The summed E-state index contributed by atoms with van der Waals surface area (Å²) in [5.41, 5.74) is 0.436. The Morgan fingerprint density at radius 2 is 1.90 bits per heavy atom. The highest BCUT2D eigenvalue weighted by atomic mass is 127. The molecule has 0 aromatic heterocycles. The lowest BCUT2D eigenvalue weighted by Crippen LogP contribution is -2.44. The fraction of sp³-hybridized carbons (Fsp3) is 0.273. The Morgan fingerprint density at radius 1 is 1.33 bits per heavy atom. The van der Waals surface area contributed by atoms with Gasteiger partial charge in [0.1, 0.15) is 0 Å². The molecule has 0 fully saturated rings. The molecule has 21 heavy (non-hydrogen) atoms. The molecule has 1 rings (SSSR count). The van der Waals surface area contributed by atoms with Gasteiger partial charge in [0.15, 0.2) is 0 Å². The molecular weight excluding hydrogens is 637 g/mol. The number of amides is 1. The molecule has 1 aromatic rings. The maximum atomic E-state index is 12.2. The minimum atomic E-state index is -3.77. The van der Waals surface area contributed by atoms with Crippen molar-refractivity contribution in [2.75, 3.05) is 6.26 Å². The molecule has 1 N–H and O–H groups in total. The van der Waals surface area contributed by atoms with Gasteiger partial charge in [-0.2, -0.15) is 4.40 Å². The largest absolute Gasteiger partial charge is 0.860 e. The second-order valence-electron chi connectivity index (χ2n) is 4.11. The summed E-state index contributed by atoms with van der Waals surface area (Å²) in [6, 6.07) is 2.61. The number of halogens is 3. The van der Waals surface area contributed by atoms with Gasteiger partial charge in [-0.3, -0.25) is 4.79 Å². The van der Waals surface area contributed by atoms with Gasteiger partial charge in [-0.25, -0.2) is 8.42 Å². The lowest BCUT2D eigenvalue weighted by Gasteiger charge is -2.20. The third kappa shape index (κ3) is 6.13. The summed E-state index contributed by atoms with van der Waals surface area (Å²) >= 11 is 6.26. The minimum Gasteiger partial charge on any atom is -0.860 e. The zero-order valence-corrected chi connectivity index (χ0v) is 18.1. The van der Waals surface area contributed by atoms with Gasteiger partial charge in [-0.1, -0.05) is 0 Å². The molecule has 0 aliphatic carbocycles. The summed E-state index contributed by atoms with van der Waals surface area (Å²) < 4.78 is 27.5. The zero-order valence-electron chi connectivity index (χ0n) is 10.9. The average Bonchev–Trinajstić information content (AvgIpc) is 2.31. The minimum absolute atomic E-state index is 0.436. The molecule has 6 nitrogen and oxygen atoms in total. The van der Waals surface area contributed by atoms with Crippen molar-refractivity contribution in [1.82, 2.24) is 5.32 Å². The van der Waals surface area contributed by atoms with Crippen LogP contribution in [0.4, 0.5) is 0 Å². The van der Waals surface area contributed by atoms with E-state index < -0.39 is 27.9 Å². The Kier molecular flexibility index (Phi) is 7.11. The van der Waals surface area contributed by atoms with Gasteiger partial charge in [0.05, 0.1) is 17.9 Å². The lowest BCUT2D eigenvalue weighted by atomic mass is 10.2. The zero-order chi connectivity index (χ0) is 16.4. The first-order chi connectivity index (χ1) is 9.51. The van der Waals surface area contributed by atoms with E-state index in [1.165, 1.54) is 6.92 Å². The van der Waals surface area contributed by atoms with E-state index in [1.54, 1.807) is 6.07 Å². The van der Waals surface area contributed by atoms with E-state index in [2.05, 4.69) is 54.9 Å². The van der Waals surface area contributed by atoms with Gasteiger partial charge in [-0.05, 0) is 92.7 Å². The SMILES string of the molecule is CC(NC(=O)c1cc(I)cc(I)c1I)/C([O-])=N\S(C)(=O)=O. The van der Waals surface area contributed by atoms with Gasteiger partial charge >= 0.3 is 0 Å². The Morgan fingerprint density at radius 3 is 2.43 bits per heavy atom. The van der Waals surface area contributed by atoms with E-state index in [4.69, 9.17) is 0 Å². The van der Waals surface area contributed by atoms with Gasteiger partial charge < -0.3 is 10.4 Å². The van der Waals surface area contributed by atoms with Crippen LogP contribution in [0.5, 0.6) is 0 Å². The third-order valence-electron chi connectivity index (χ3n) is 2.21. The normalized spacial score (nSPS) is 13.9. The molecule has 0 saturated heterocycles. The van der Waals surface area contributed by atoms with Gasteiger partial charge in [0.25, 0.3) is 5.91 Å². The van der Waals surface area contributed by atoms with Crippen LogP contribution in [0.1, 0.15) is 17.3 Å². The van der Waals surface area contributed by atoms with E-state index in [-0.39, 0.29) is 0 Å². The van der Waals surface area contributed by atoms with Crippen LogP contribution in [0.3, 0.4) is 0 Å². The molecule has 1 amide bonds. The highest BCUT2D eigenvalue weighted by Crippen LogP contribution is 2.22. The van der Waals surface area contributed by atoms with Crippen molar-refractivity contribution >= 4 is 89.6 Å². The molecular formula is C11H10I3N2O4S-. The highest BCUT2D eigenvalue weighted by molar-refractivity contribution is 14.1. The van der Waals surface area contributed by atoms with Crippen molar-refractivity contribution in [3.63, 3.8) is 0 Å². The fourth-order valence-corrected chi connectivity index (χ4v) is 4.19. The molecule has 1 aromatic carbocycles. The fourth-order valence-electron chi connectivity index (χ4n) is 1.30. The second kappa shape index (κ2) is 7.72. The number of carbonyl (C=O) groups excluding carboxylic acids is 1. The van der Waals surface area contributed by atoms with Crippen molar-refractivity contribution in [1.29, 1.82) is 0 Å². The number of hydrogen-bond acceptors (Lipinski definition) is 4. The summed E-state index contributed by atoms with van der Waals surface area (Å²) in [6.45, 7) is 1.39. The van der Waals surface area contributed by atoms with E-state index in [0.717, 1.165) is 17.0 Å². The molecule has 10 heteroatoms. The van der Waals surface area contributed by atoms with Crippen LogP contribution in [0, 0.1) is 10.7 Å². The predicted molar refractivity (Wildman–Crippen MR) is 104 cm³/mol. The highest BCUT2D eigenvalue weighted by Gasteiger charge is 2.16. The first-order valence-electron chi connectivity index (χ1n) is 5.43. The van der Waals surface area contributed by atoms with Gasteiger partial charge in [-0.15, -0.1) is 0 Å². The first kappa shape index (κ1) is 19.3. The molecule has 1 atom stereocenters. The van der Waals surface area contributed by atoms with Crippen molar-refractivity contribution in [2.24, 2.45) is 4.40 Å². The number of benzene rings is 1. The van der Waals surface area contributed by atoms with E-state index in [0.29, 0.717) is 5.56 Å². The molecule has 0 heterocycles. The van der Waals surface area contributed by atoms with E-state index in [9.17, 15) is 18.3 Å². The first-order valence-corrected chi connectivity index (χ1v) is 10.5. The molecule has 0 radical (unpaired) electrons. The van der Waals surface area contributed by atoms with Crippen LogP contribution < -0.4 is 10.4 Å². The number of rotatable bonds is 4. The number of hydrogen-bond donors (Lipinski definition) is 1. The lowest BCUT2D eigenvalue weighted by molar-refractivity contribution is -0.219. The number of nitrogens with one attached hydrogen (secondary N) is 1. The van der Waals surface area contributed by atoms with Crippen LogP contribution >= 0.6 is 67.8 Å². The van der Waals surface area contributed by atoms with Crippen LogP contribution in [0.15, 0.2) is 16.5 Å². The smallest absolute Gasteiger partial charge is 0.252 e. The summed E-state index contributed by atoms with van der Waals surface area (Å²) in [5.74, 6) is -1.35. The molecule has 0 bridgehead atoms. The van der Waals surface area contributed by atoms with Gasteiger partial charge in [0, 0.05) is 10.7 Å². The van der Waals surface area contributed by atoms with Gasteiger partial charge in [0.2, 0.25) is 10.0 Å². The summed E-state index contributed by atoms with van der Waals surface area (Å²) in [5, 5.41) is 14.0. The molecule has 0 aliphatic rings. The monoisotopic (exact) mass is 647 g/mol. The summed E-state index contributed by atoms with van der Waals surface area (Å²) in [4.78, 5) is 12.2. The topological polar surface area (TPSA) is 98.7 Å². The van der Waals surface area contributed by atoms with Crippen LogP contribution in [0.2, 0.25) is 0 Å². The summed E-state index contributed by atoms with van der Waals surface area (Å²) in [6.07, 6.45) is 0.824. The maximum Gasteiger partial charge on any atom is 0.252 e. The Balaban J connectivity index is 3.00. The quantitative estimate of drug-likeness (QED) is 0.231. The van der Waals surface area contributed by atoms with Crippen molar-refractivity contribution in [2.45, 2.75) is 13.0 Å². The Labute approximate surface area is 163 Å². The van der Waals surface area contributed by atoms with Crippen LogP contribution in [0.25, 0.3) is 0 Å². The number of carbonyl (C=O) groups is 1. The third-order valence-corrected chi connectivity index (χ3v) is 6.39.